The molecule has 0 radical (unpaired) electrons. The average molecular weight is 344 g/mol. The summed E-state index contributed by atoms with van der Waals surface area (Å²) in [6, 6.07) is 0.390. The molecule has 0 bridgehead atoms. The van der Waals surface area contributed by atoms with Gasteiger partial charge in [0.15, 0.2) is 0 Å². The molecule has 2 aliphatic rings. The first-order chi connectivity index (χ1) is 11.7. The standard InChI is InChI=1S/C24H41N/c1-9-21-22(24(21,7)8)20(16(2)3)15-18(6)23(25-17(4)5)19-13-11-10-12-14-19/h19-23,25H,2,4,6,9-15H2,1,3,5,7-8H3. The molecule has 142 valence electrons. The number of allylic oxidation sites excluding steroid dienone is 2. The van der Waals surface area contributed by atoms with Crippen LogP contribution < -0.4 is 5.32 Å². The minimum absolute atomic E-state index is 0.390. The third-order valence-corrected chi connectivity index (χ3v) is 7.09. The van der Waals surface area contributed by atoms with Crippen molar-refractivity contribution < 1.29 is 0 Å². The summed E-state index contributed by atoms with van der Waals surface area (Å²) >= 11 is 0. The van der Waals surface area contributed by atoms with E-state index in [4.69, 9.17) is 0 Å². The molecule has 4 unspecified atom stereocenters. The minimum Gasteiger partial charge on any atom is -0.382 e. The molecule has 0 aromatic carbocycles. The van der Waals surface area contributed by atoms with Gasteiger partial charge in [-0.3, -0.25) is 0 Å². The molecule has 2 rings (SSSR count). The zero-order chi connectivity index (χ0) is 18.8. The average Bonchev–Trinajstić information content (AvgIpc) is 3.11. The molecule has 0 amide bonds. The molecule has 0 spiro atoms. The zero-order valence-electron chi connectivity index (χ0n) is 17.5. The van der Waals surface area contributed by atoms with Crippen LogP contribution in [0.3, 0.4) is 0 Å². The first-order valence-corrected chi connectivity index (χ1v) is 10.4. The van der Waals surface area contributed by atoms with Gasteiger partial charge < -0.3 is 5.32 Å². The number of rotatable bonds is 9. The summed E-state index contributed by atoms with van der Waals surface area (Å²) in [5.74, 6) is 2.90. The van der Waals surface area contributed by atoms with Crippen LogP contribution in [0.2, 0.25) is 0 Å². The fraction of sp³-hybridized carbons (Fsp3) is 0.750. The van der Waals surface area contributed by atoms with Crippen LogP contribution in [-0.4, -0.2) is 6.04 Å². The highest BCUT2D eigenvalue weighted by Gasteiger charge is 2.59. The number of nitrogens with one attached hydrogen (secondary N) is 1. The summed E-state index contributed by atoms with van der Waals surface area (Å²) in [5, 5.41) is 3.68. The van der Waals surface area contributed by atoms with Crippen LogP contribution in [0.15, 0.2) is 36.6 Å². The van der Waals surface area contributed by atoms with Crippen LogP contribution in [0.5, 0.6) is 0 Å². The highest BCUT2D eigenvalue weighted by molar-refractivity contribution is 5.21. The quantitative estimate of drug-likeness (QED) is 0.450. The van der Waals surface area contributed by atoms with Crippen LogP contribution in [-0.2, 0) is 0 Å². The van der Waals surface area contributed by atoms with Crippen LogP contribution in [0.4, 0.5) is 0 Å². The van der Waals surface area contributed by atoms with Gasteiger partial charge in [-0.15, -0.1) is 0 Å². The van der Waals surface area contributed by atoms with E-state index in [1.165, 1.54) is 49.7 Å². The van der Waals surface area contributed by atoms with Gasteiger partial charge in [0.2, 0.25) is 0 Å². The van der Waals surface area contributed by atoms with Crippen LogP contribution in [0, 0.1) is 29.1 Å². The van der Waals surface area contributed by atoms with Crippen molar-refractivity contribution in [3.63, 3.8) is 0 Å². The second kappa shape index (κ2) is 8.14. The van der Waals surface area contributed by atoms with Crippen molar-refractivity contribution in [3.05, 3.63) is 36.6 Å². The Morgan fingerprint density at radius 1 is 1.08 bits per heavy atom. The summed E-state index contributed by atoms with van der Waals surface area (Å²) < 4.78 is 0. The molecule has 1 N–H and O–H groups in total. The van der Waals surface area contributed by atoms with Gasteiger partial charge in [-0.25, -0.2) is 0 Å². The molecule has 0 saturated heterocycles. The lowest BCUT2D eigenvalue weighted by Crippen LogP contribution is -2.38. The van der Waals surface area contributed by atoms with Crippen LogP contribution >= 0.6 is 0 Å². The molecule has 0 aliphatic heterocycles. The normalized spacial score (nSPS) is 28.0. The molecule has 25 heavy (non-hydrogen) atoms. The van der Waals surface area contributed by atoms with E-state index in [9.17, 15) is 0 Å². The van der Waals surface area contributed by atoms with E-state index >= 15 is 0 Å². The van der Waals surface area contributed by atoms with Crippen molar-refractivity contribution in [2.45, 2.75) is 85.6 Å². The second-order valence-corrected chi connectivity index (χ2v) is 9.48. The van der Waals surface area contributed by atoms with Crippen molar-refractivity contribution in [2.24, 2.45) is 29.1 Å². The van der Waals surface area contributed by atoms with Gasteiger partial charge in [0.1, 0.15) is 0 Å². The van der Waals surface area contributed by atoms with E-state index in [1.807, 2.05) is 0 Å². The molecule has 4 atom stereocenters. The van der Waals surface area contributed by atoms with Gasteiger partial charge in [-0.1, -0.05) is 77.3 Å². The second-order valence-electron chi connectivity index (χ2n) is 9.48. The molecular formula is C24H41N. The molecule has 2 fully saturated rings. The van der Waals surface area contributed by atoms with Crippen molar-refractivity contribution >= 4 is 0 Å². The maximum absolute atomic E-state index is 4.57. The largest absolute Gasteiger partial charge is 0.382 e. The summed E-state index contributed by atoms with van der Waals surface area (Å²) in [7, 11) is 0. The Kier molecular flexibility index (Phi) is 6.62. The molecule has 1 heteroatoms. The van der Waals surface area contributed by atoms with Gasteiger partial charge >= 0.3 is 0 Å². The number of hydrogen-bond donors (Lipinski definition) is 1. The smallest absolute Gasteiger partial charge is 0.0496 e. The molecule has 1 nitrogen and oxygen atoms in total. The Morgan fingerprint density at radius 3 is 2.12 bits per heavy atom. The molecule has 0 aromatic heterocycles. The maximum Gasteiger partial charge on any atom is 0.0496 e. The summed E-state index contributed by atoms with van der Waals surface area (Å²) in [5.41, 5.74) is 4.25. The molecule has 2 saturated carbocycles. The van der Waals surface area contributed by atoms with Gasteiger partial charge in [-0.05, 0) is 62.2 Å². The van der Waals surface area contributed by atoms with Gasteiger partial charge in [-0.2, -0.15) is 0 Å². The Morgan fingerprint density at radius 2 is 1.68 bits per heavy atom. The van der Waals surface area contributed by atoms with Crippen molar-refractivity contribution in [2.75, 3.05) is 0 Å². The SMILES string of the molecule is C=C(C)NC(C(=C)CC(C(=C)C)C1C(CC)C1(C)C)C1CCCCC1. The van der Waals surface area contributed by atoms with E-state index < -0.39 is 0 Å². The third kappa shape index (κ3) is 4.60. The summed E-state index contributed by atoms with van der Waals surface area (Å²) in [4.78, 5) is 0. The first kappa shape index (κ1) is 20.3. The lowest BCUT2D eigenvalue weighted by molar-refractivity contribution is 0.294. The van der Waals surface area contributed by atoms with E-state index in [2.05, 4.69) is 59.7 Å². The van der Waals surface area contributed by atoms with Gasteiger partial charge in [0.25, 0.3) is 0 Å². The molecule has 0 aromatic rings. The lowest BCUT2D eigenvalue weighted by Gasteiger charge is -2.35. The molecular weight excluding hydrogens is 302 g/mol. The maximum atomic E-state index is 4.57. The van der Waals surface area contributed by atoms with E-state index in [1.54, 1.807) is 0 Å². The van der Waals surface area contributed by atoms with Crippen LogP contribution in [0.25, 0.3) is 0 Å². The monoisotopic (exact) mass is 343 g/mol. The van der Waals surface area contributed by atoms with Gasteiger partial charge in [0, 0.05) is 11.7 Å². The Balaban J connectivity index is 2.11. The predicted molar refractivity (Wildman–Crippen MR) is 111 cm³/mol. The highest BCUT2D eigenvalue weighted by atomic mass is 14.9. The van der Waals surface area contributed by atoms with Crippen molar-refractivity contribution in [3.8, 4) is 0 Å². The molecule has 0 heterocycles. The van der Waals surface area contributed by atoms with Crippen LogP contribution in [0.1, 0.15) is 79.6 Å². The summed E-state index contributed by atoms with van der Waals surface area (Å²) in [6.07, 6.45) is 9.15. The Labute approximate surface area is 157 Å². The Hall–Kier alpha value is -0.980. The zero-order valence-corrected chi connectivity index (χ0v) is 17.5. The third-order valence-electron chi connectivity index (χ3n) is 7.09. The fourth-order valence-corrected chi connectivity index (χ4v) is 5.67. The Bertz CT molecular complexity index is 506. The summed E-state index contributed by atoms with van der Waals surface area (Å²) in [6.45, 7) is 24.6. The van der Waals surface area contributed by atoms with Gasteiger partial charge in [0.05, 0.1) is 0 Å². The van der Waals surface area contributed by atoms with Crippen molar-refractivity contribution in [1.29, 1.82) is 0 Å². The van der Waals surface area contributed by atoms with E-state index in [0.29, 0.717) is 17.4 Å². The van der Waals surface area contributed by atoms with E-state index in [-0.39, 0.29) is 0 Å². The molecule has 2 aliphatic carbocycles. The lowest BCUT2D eigenvalue weighted by atomic mass is 9.77. The topological polar surface area (TPSA) is 12.0 Å². The van der Waals surface area contributed by atoms with Crippen molar-refractivity contribution in [1.82, 2.24) is 5.32 Å². The number of hydrogen-bond acceptors (Lipinski definition) is 1. The minimum atomic E-state index is 0.390. The predicted octanol–water partition coefficient (Wildman–Crippen LogP) is 6.88. The fourth-order valence-electron chi connectivity index (χ4n) is 5.67. The first-order valence-electron chi connectivity index (χ1n) is 10.4. The van der Waals surface area contributed by atoms with E-state index in [0.717, 1.165) is 29.9 Å². The highest BCUT2D eigenvalue weighted by Crippen LogP contribution is 2.65.